The lowest BCUT2D eigenvalue weighted by atomic mass is 9.96. The summed E-state index contributed by atoms with van der Waals surface area (Å²) < 4.78 is 22.3. The lowest BCUT2D eigenvalue weighted by Gasteiger charge is -2.22. The van der Waals surface area contributed by atoms with Crippen LogP contribution >= 0.6 is 23.1 Å². The van der Waals surface area contributed by atoms with Crippen LogP contribution in [0.25, 0.3) is 11.4 Å². The number of amides is 1. The number of aromatic nitrogens is 4. The number of imidazole rings is 1. The maximum absolute atomic E-state index is 14.2. The van der Waals surface area contributed by atoms with Crippen molar-refractivity contribution in [3.05, 3.63) is 106 Å². The highest BCUT2D eigenvalue weighted by Crippen LogP contribution is 2.44. The third-order valence-corrected chi connectivity index (χ3v) is 9.73. The first-order valence-corrected chi connectivity index (χ1v) is 16.3. The minimum Gasteiger partial charge on any atom is -0.505 e. The van der Waals surface area contributed by atoms with E-state index < -0.39 is 17.7 Å². The van der Waals surface area contributed by atoms with Gasteiger partial charge in [-0.2, -0.15) is 0 Å². The number of unbranched alkanes of at least 4 members (excludes halogenated alkanes) is 1. The lowest BCUT2D eigenvalue weighted by Crippen LogP contribution is -2.29. The van der Waals surface area contributed by atoms with Gasteiger partial charge in [0.2, 0.25) is 5.13 Å². The molecule has 0 bridgehead atoms. The molecule has 4 heterocycles. The van der Waals surface area contributed by atoms with Gasteiger partial charge in [0.05, 0.1) is 23.9 Å². The van der Waals surface area contributed by atoms with Crippen LogP contribution in [0.15, 0.2) is 76.8 Å². The van der Waals surface area contributed by atoms with Gasteiger partial charge in [0.1, 0.15) is 22.9 Å². The van der Waals surface area contributed by atoms with Crippen molar-refractivity contribution in [2.75, 3.05) is 11.5 Å². The van der Waals surface area contributed by atoms with Gasteiger partial charge < -0.3 is 14.2 Å². The Bertz CT molecular complexity index is 1940. The number of aliphatic hydroxyl groups is 1. The molecule has 1 aliphatic heterocycles. The van der Waals surface area contributed by atoms with E-state index in [0.717, 1.165) is 29.7 Å². The predicted molar refractivity (Wildman–Crippen MR) is 172 cm³/mol. The SMILES string of the molecule is CCCCOc1ccc(C2C(=C(O)c3nc4c(C)cccn4c3C)C(=O)C(=O)N2c2nnc(SCc3ccccc3F)s2)cc1. The van der Waals surface area contributed by atoms with Crippen molar-refractivity contribution in [3.63, 3.8) is 0 Å². The van der Waals surface area contributed by atoms with Crippen LogP contribution in [0, 0.1) is 19.7 Å². The predicted octanol–water partition coefficient (Wildman–Crippen LogP) is 7.04. The quantitative estimate of drug-likeness (QED) is 0.0431. The number of benzene rings is 2. The summed E-state index contributed by atoms with van der Waals surface area (Å²) in [4.78, 5) is 33.3. The highest BCUT2D eigenvalue weighted by molar-refractivity contribution is 8.00. The average molecular weight is 644 g/mol. The second-order valence-electron chi connectivity index (χ2n) is 10.6. The largest absolute Gasteiger partial charge is 0.505 e. The second kappa shape index (κ2) is 12.8. The van der Waals surface area contributed by atoms with E-state index in [2.05, 4.69) is 22.1 Å². The van der Waals surface area contributed by atoms with E-state index >= 15 is 0 Å². The summed E-state index contributed by atoms with van der Waals surface area (Å²) in [5, 5.41) is 20.4. The zero-order valence-electron chi connectivity index (χ0n) is 24.9. The Hall–Kier alpha value is -4.55. The number of halogens is 1. The number of nitrogens with zero attached hydrogens (tertiary/aromatic N) is 5. The van der Waals surface area contributed by atoms with Gasteiger partial charge in [-0.05, 0) is 61.2 Å². The molecular weight excluding hydrogens is 614 g/mol. The van der Waals surface area contributed by atoms with Gasteiger partial charge in [-0.1, -0.05) is 72.8 Å². The Morgan fingerprint density at radius 3 is 2.58 bits per heavy atom. The molecule has 1 aliphatic rings. The molecule has 0 radical (unpaired) electrons. The van der Waals surface area contributed by atoms with Crippen LogP contribution in [0.1, 0.15) is 53.9 Å². The van der Waals surface area contributed by atoms with E-state index in [1.165, 1.54) is 22.7 Å². The fraction of sp³-hybridized carbons (Fsp3) is 0.242. The number of carbonyl (C=O) groups excluding carboxylic acids is 2. The van der Waals surface area contributed by atoms with Crippen LogP contribution < -0.4 is 9.64 Å². The molecule has 45 heavy (non-hydrogen) atoms. The van der Waals surface area contributed by atoms with Crippen LogP contribution in [0.5, 0.6) is 5.75 Å². The van der Waals surface area contributed by atoms with Gasteiger partial charge >= 0.3 is 5.91 Å². The first kappa shape index (κ1) is 30.5. The van der Waals surface area contributed by atoms with Crippen LogP contribution in [-0.4, -0.2) is 43.0 Å². The number of carbonyl (C=O) groups is 2. The Kier molecular flexibility index (Phi) is 8.68. The lowest BCUT2D eigenvalue weighted by molar-refractivity contribution is -0.132. The summed E-state index contributed by atoms with van der Waals surface area (Å²) in [6.07, 6.45) is 3.74. The Balaban J connectivity index is 1.41. The van der Waals surface area contributed by atoms with Crippen molar-refractivity contribution in [2.45, 2.75) is 49.7 Å². The van der Waals surface area contributed by atoms with Crippen molar-refractivity contribution in [2.24, 2.45) is 0 Å². The van der Waals surface area contributed by atoms with Crippen molar-refractivity contribution < 1.29 is 23.8 Å². The first-order valence-electron chi connectivity index (χ1n) is 14.5. The maximum atomic E-state index is 14.2. The molecule has 1 atom stereocenters. The number of pyridine rings is 1. The van der Waals surface area contributed by atoms with E-state index in [1.54, 1.807) is 49.4 Å². The molecule has 1 unspecified atom stereocenters. The summed E-state index contributed by atoms with van der Waals surface area (Å²) in [5.74, 6) is -1.42. The molecule has 6 rings (SSSR count). The topological polar surface area (TPSA) is 110 Å². The van der Waals surface area contributed by atoms with E-state index in [9.17, 15) is 19.1 Å². The molecule has 3 aromatic heterocycles. The van der Waals surface area contributed by atoms with Gasteiger partial charge in [0, 0.05) is 11.9 Å². The highest BCUT2D eigenvalue weighted by atomic mass is 32.2. The number of anilines is 1. The summed E-state index contributed by atoms with van der Waals surface area (Å²) in [6, 6.07) is 16.4. The number of rotatable bonds is 10. The Morgan fingerprint density at radius 1 is 1.07 bits per heavy atom. The second-order valence-corrected chi connectivity index (χ2v) is 12.8. The molecule has 1 N–H and O–H groups in total. The summed E-state index contributed by atoms with van der Waals surface area (Å²) >= 11 is 2.40. The van der Waals surface area contributed by atoms with Crippen LogP contribution in [0.4, 0.5) is 9.52 Å². The van der Waals surface area contributed by atoms with Crippen molar-refractivity contribution in [1.82, 2.24) is 19.6 Å². The molecular formula is C33H30FN5O4S2. The van der Waals surface area contributed by atoms with E-state index in [-0.39, 0.29) is 28.0 Å². The van der Waals surface area contributed by atoms with Gasteiger partial charge in [-0.3, -0.25) is 14.5 Å². The molecule has 230 valence electrons. The van der Waals surface area contributed by atoms with Gasteiger partial charge in [0.15, 0.2) is 10.1 Å². The third kappa shape index (κ3) is 5.83. The van der Waals surface area contributed by atoms with Gasteiger partial charge in [-0.25, -0.2) is 9.37 Å². The number of aliphatic hydroxyl groups excluding tert-OH is 1. The minimum atomic E-state index is -1.00. The minimum absolute atomic E-state index is 0.0976. The number of Topliss-reactive ketones (excluding diaryl/α,β-unsaturated/α-hetero) is 1. The zero-order valence-corrected chi connectivity index (χ0v) is 26.5. The number of hydrogen-bond acceptors (Lipinski definition) is 9. The van der Waals surface area contributed by atoms with Gasteiger partial charge in [0.25, 0.3) is 5.78 Å². The first-order chi connectivity index (χ1) is 21.8. The van der Waals surface area contributed by atoms with E-state index in [0.29, 0.717) is 44.9 Å². The number of ether oxygens (including phenoxy) is 1. The van der Waals surface area contributed by atoms with Crippen LogP contribution in [0.2, 0.25) is 0 Å². The maximum Gasteiger partial charge on any atom is 0.301 e. The molecule has 0 spiro atoms. The fourth-order valence-electron chi connectivity index (χ4n) is 5.21. The number of thioether (sulfide) groups is 1. The Labute approximate surface area is 267 Å². The van der Waals surface area contributed by atoms with Crippen molar-refractivity contribution >= 4 is 51.3 Å². The summed E-state index contributed by atoms with van der Waals surface area (Å²) in [5.41, 5.74) is 3.36. The summed E-state index contributed by atoms with van der Waals surface area (Å²) in [7, 11) is 0. The fourth-order valence-corrected chi connectivity index (χ4v) is 7.07. The standard InChI is InChI=1S/C33H30FN5O4S2/c1-4-5-17-43-23-14-12-21(13-15-23)27-25(28(40)26-20(3)38-16-8-9-19(2)30(38)35-26)29(41)31(42)39(27)32-36-37-33(45-32)44-18-22-10-6-7-11-24(22)34/h6-16,27,40H,4-5,17-18H2,1-3H3. The highest BCUT2D eigenvalue weighted by Gasteiger charge is 2.49. The number of hydrogen-bond donors (Lipinski definition) is 1. The third-order valence-electron chi connectivity index (χ3n) is 7.63. The molecule has 0 aliphatic carbocycles. The van der Waals surface area contributed by atoms with E-state index in [4.69, 9.17) is 4.74 Å². The van der Waals surface area contributed by atoms with Gasteiger partial charge in [-0.15, -0.1) is 10.2 Å². The number of ketones is 1. The number of aryl methyl sites for hydroxylation is 2. The molecule has 5 aromatic rings. The zero-order chi connectivity index (χ0) is 31.7. The van der Waals surface area contributed by atoms with Crippen molar-refractivity contribution in [3.8, 4) is 5.75 Å². The molecule has 2 aromatic carbocycles. The molecule has 12 heteroatoms. The average Bonchev–Trinajstić information content (AvgIpc) is 3.72. The Morgan fingerprint density at radius 2 is 1.84 bits per heavy atom. The summed E-state index contributed by atoms with van der Waals surface area (Å²) in [6.45, 7) is 6.36. The van der Waals surface area contributed by atoms with Crippen molar-refractivity contribution in [1.29, 1.82) is 0 Å². The molecule has 9 nitrogen and oxygen atoms in total. The normalized spacial score (nSPS) is 16.2. The smallest absolute Gasteiger partial charge is 0.301 e. The van der Waals surface area contributed by atoms with Crippen LogP contribution in [-0.2, 0) is 15.3 Å². The molecule has 0 saturated carbocycles. The molecule has 1 fully saturated rings. The molecule has 1 saturated heterocycles. The monoisotopic (exact) mass is 643 g/mol. The molecule has 1 amide bonds. The van der Waals surface area contributed by atoms with Crippen LogP contribution in [0.3, 0.4) is 0 Å². The van der Waals surface area contributed by atoms with E-state index in [1.807, 2.05) is 29.7 Å². The number of fused-ring (bicyclic) bond motifs is 1.